The molecule has 1 saturated heterocycles. The summed E-state index contributed by atoms with van der Waals surface area (Å²) in [6.07, 6.45) is -6.06. The van der Waals surface area contributed by atoms with Crippen molar-refractivity contribution in [1.82, 2.24) is 0 Å². The number of benzene rings is 1. The van der Waals surface area contributed by atoms with Crippen LogP contribution in [0.5, 0.6) is 0 Å². The van der Waals surface area contributed by atoms with Crippen molar-refractivity contribution in [3.63, 3.8) is 0 Å². The van der Waals surface area contributed by atoms with Gasteiger partial charge in [0, 0.05) is 17.4 Å². The molecule has 0 saturated carbocycles. The first kappa shape index (κ1) is 26.5. The standard InChI is InChI=1S/C20H25F5O6S/c1-10-14(11-7-8-13(21)15(22)12(11)9-29-32(6,27)28)16(17(26)31-18(2,3)4)30-19(10,5)20(23,24)25/h7-8,10,14,16H,9H2,1-6H3/t10?,14?,16-,19?/m1/s1. The van der Waals surface area contributed by atoms with Crippen LogP contribution >= 0.6 is 0 Å². The predicted octanol–water partition coefficient (Wildman–Crippen LogP) is 4.22. The normalized spacial score (nSPS) is 26.9. The number of esters is 1. The summed E-state index contributed by atoms with van der Waals surface area (Å²) < 4.78 is 108. The van der Waals surface area contributed by atoms with Gasteiger partial charge in [0.15, 0.2) is 23.3 Å². The summed E-state index contributed by atoms with van der Waals surface area (Å²) in [5.41, 5.74) is -4.76. The quantitative estimate of drug-likeness (QED) is 0.351. The van der Waals surface area contributed by atoms with Crippen molar-refractivity contribution in [2.75, 3.05) is 6.26 Å². The van der Waals surface area contributed by atoms with Crippen molar-refractivity contribution in [3.05, 3.63) is 34.9 Å². The molecule has 0 radical (unpaired) electrons. The Morgan fingerprint density at radius 3 is 2.22 bits per heavy atom. The molecule has 2 rings (SSSR count). The van der Waals surface area contributed by atoms with Gasteiger partial charge in [-0.3, -0.25) is 4.18 Å². The molecule has 4 atom stereocenters. The lowest BCUT2D eigenvalue weighted by Gasteiger charge is -2.32. The highest BCUT2D eigenvalue weighted by Crippen LogP contribution is 2.54. The SMILES string of the molecule is CC1C(c2ccc(F)c(F)c2COS(C)(=O)=O)[C@H](C(=O)OC(C)(C)C)OC1(C)C(F)(F)F. The van der Waals surface area contributed by atoms with Crippen LogP contribution in [0.2, 0.25) is 0 Å². The molecule has 32 heavy (non-hydrogen) atoms. The average Bonchev–Trinajstić information content (AvgIpc) is 2.87. The van der Waals surface area contributed by atoms with Crippen molar-refractivity contribution in [2.45, 2.75) is 70.6 Å². The Labute approximate surface area is 183 Å². The van der Waals surface area contributed by atoms with Crippen LogP contribution in [-0.2, 0) is 35.2 Å². The lowest BCUT2D eigenvalue weighted by Crippen LogP contribution is -2.47. The second-order valence-electron chi connectivity index (χ2n) is 8.89. The molecule has 3 unspecified atom stereocenters. The summed E-state index contributed by atoms with van der Waals surface area (Å²) in [5.74, 6) is -6.88. The van der Waals surface area contributed by atoms with Gasteiger partial charge < -0.3 is 9.47 Å². The smallest absolute Gasteiger partial charge is 0.417 e. The zero-order valence-electron chi connectivity index (χ0n) is 18.3. The van der Waals surface area contributed by atoms with Gasteiger partial charge in [-0.05, 0) is 39.3 Å². The molecule has 1 heterocycles. The van der Waals surface area contributed by atoms with Crippen LogP contribution in [0.4, 0.5) is 22.0 Å². The number of carbonyl (C=O) groups is 1. The number of alkyl halides is 3. The summed E-state index contributed by atoms with van der Waals surface area (Å²) in [5, 5.41) is 0. The van der Waals surface area contributed by atoms with Gasteiger partial charge in [0.2, 0.25) is 0 Å². The first-order valence-electron chi connectivity index (χ1n) is 9.57. The van der Waals surface area contributed by atoms with Gasteiger partial charge in [0.1, 0.15) is 5.60 Å². The van der Waals surface area contributed by atoms with Gasteiger partial charge in [-0.25, -0.2) is 13.6 Å². The molecule has 1 aliphatic heterocycles. The lowest BCUT2D eigenvalue weighted by molar-refractivity contribution is -0.274. The first-order valence-corrected chi connectivity index (χ1v) is 11.4. The minimum atomic E-state index is -4.91. The number of halogens is 5. The van der Waals surface area contributed by atoms with Crippen molar-refractivity contribution in [1.29, 1.82) is 0 Å². The fourth-order valence-electron chi connectivity index (χ4n) is 3.59. The van der Waals surface area contributed by atoms with E-state index < -0.39 is 75.2 Å². The van der Waals surface area contributed by atoms with E-state index in [1.807, 2.05) is 0 Å². The van der Waals surface area contributed by atoms with E-state index in [4.69, 9.17) is 9.47 Å². The van der Waals surface area contributed by atoms with Crippen LogP contribution in [0.1, 0.15) is 51.7 Å². The Hall–Kier alpha value is -1.79. The van der Waals surface area contributed by atoms with Crippen LogP contribution in [0, 0.1) is 17.6 Å². The molecule has 0 aliphatic carbocycles. The van der Waals surface area contributed by atoms with Crippen molar-refractivity contribution in [3.8, 4) is 0 Å². The van der Waals surface area contributed by atoms with E-state index in [1.54, 1.807) is 0 Å². The molecule has 12 heteroatoms. The molecular weight excluding hydrogens is 463 g/mol. The van der Waals surface area contributed by atoms with Gasteiger partial charge in [-0.2, -0.15) is 21.6 Å². The molecule has 1 aromatic carbocycles. The molecule has 1 aromatic rings. The van der Waals surface area contributed by atoms with Gasteiger partial charge in [-0.1, -0.05) is 13.0 Å². The molecule has 1 fully saturated rings. The number of hydrogen-bond donors (Lipinski definition) is 0. The van der Waals surface area contributed by atoms with Crippen LogP contribution in [0.25, 0.3) is 0 Å². The van der Waals surface area contributed by atoms with E-state index in [0.717, 1.165) is 19.9 Å². The third kappa shape index (κ3) is 5.40. The van der Waals surface area contributed by atoms with Gasteiger partial charge in [-0.15, -0.1) is 0 Å². The topological polar surface area (TPSA) is 78.9 Å². The molecule has 1 aliphatic rings. The molecule has 0 amide bonds. The van der Waals surface area contributed by atoms with Gasteiger partial charge in [0.25, 0.3) is 10.1 Å². The Balaban J connectivity index is 2.67. The molecule has 0 spiro atoms. The molecular formula is C20H25F5O6S. The number of ether oxygens (including phenoxy) is 2. The van der Waals surface area contributed by atoms with E-state index in [0.29, 0.717) is 12.3 Å². The number of carbonyl (C=O) groups excluding carboxylic acids is 1. The summed E-state index contributed by atoms with van der Waals surface area (Å²) in [7, 11) is -4.10. The van der Waals surface area contributed by atoms with Crippen LogP contribution in [0.15, 0.2) is 12.1 Å². The Bertz CT molecular complexity index is 985. The van der Waals surface area contributed by atoms with Crippen LogP contribution in [-0.4, -0.2) is 44.1 Å². The minimum Gasteiger partial charge on any atom is -0.458 e. The van der Waals surface area contributed by atoms with Crippen molar-refractivity contribution < 1.29 is 48.8 Å². The Morgan fingerprint density at radius 2 is 1.75 bits per heavy atom. The second-order valence-corrected chi connectivity index (χ2v) is 10.5. The fraction of sp³-hybridized carbons (Fsp3) is 0.650. The Morgan fingerprint density at radius 1 is 1.19 bits per heavy atom. The molecule has 0 N–H and O–H groups in total. The molecule has 0 bridgehead atoms. The van der Waals surface area contributed by atoms with E-state index in [-0.39, 0.29) is 5.56 Å². The lowest BCUT2D eigenvalue weighted by atomic mass is 9.76. The maximum atomic E-state index is 14.6. The third-order valence-electron chi connectivity index (χ3n) is 5.32. The second kappa shape index (κ2) is 8.53. The van der Waals surface area contributed by atoms with E-state index in [2.05, 4.69) is 4.18 Å². The maximum Gasteiger partial charge on any atom is 0.417 e. The van der Waals surface area contributed by atoms with E-state index >= 15 is 0 Å². The molecule has 182 valence electrons. The van der Waals surface area contributed by atoms with Gasteiger partial charge >= 0.3 is 12.1 Å². The highest BCUT2D eigenvalue weighted by Gasteiger charge is 2.66. The van der Waals surface area contributed by atoms with Gasteiger partial charge in [0.05, 0.1) is 12.9 Å². The highest BCUT2D eigenvalue weighted by molar-refractivity contribution is 7.85. The van der Waals surface area contributed by atoms with E-state index in [9.17, 15) is 35.2 Å². The summed E-state index contributed by atoms with van der Waals surface area (Å²) in [4.78, 5) is 12.8. The van der Waals surface area contributed by atoms with E-state index in [1.165, 1.54) is 20.8 Å². The van der Waals surface area contributed by atoms with Crippen LogP contribution in [0.3, 0.4) is 0 Å². The third-order valence-corrected chi connectivity index (χ3v) is 5.86. The zero-order chi connectivity index (χ0) is 24.9. The fourth-order valence-corrected chi connectivity index (χ4v) is 3.93. The molecule has 6 nitrogen and oxygen atoms in total. The summed E-state index contributed by atoms with van der Waals surface area (Å²) >= 11 is 0. The summed E-state index contributed by atoms with van der Waals surface area (Å²) in [6, 6.07) is 1.67. The molecule has 0 aromatic heterocycles. The minimum absolute atomic E-state index is 0.246. The van der Waals surface area contributed by atoms with Crippen LogP contribution < -0.4 is 0 Å². The monoisotopic (exact) mass is 488 g/mol. The number of hydrogen-bond acceptors (Lipinski definition) is 6. The predicted molar refractivity (Wildman–Crippen MR) is 103 cm³/mol. The van der Waals surface area contributed by atoms with Crippen molar-refractivity contribution >= 4 is 16.1 Å². The maximum absolute atomic E-state index is 14.6. The first-order chi connectivity index (χ1) is 14.3. The summed E-state index contributed by atoms with van der Waals surface area (Å²) in [6.45, 7) is 5.44. The number of rotatable bonds is 5. The average molecular weight is 488 g/mol. The zero-order valence-corrected chi connectivity index (χ0v) is 19.2. The largest absolute Gasteiger partial charge is 0.458 e. The Kier molecular flexibility index (Phi) is 7.05. The highest BCUT2D eigenvalue weighted by atomic mass is 32.2. The van der Waals surface area contributed by atoms with Crippen molar-refractivity contribution in [2.24, 2.45) is 5.92 Å².